The summed E-state index contributed by atoms with van der Waals surface area (Å²) in [5.41, 5.74) is 4.14. The first-order valence-electron chi connectivity index (χ1n) is 4.39. The van der Waals surface area contributed by atoms with E-state index in [-0.39, 0.29) is 12.5 Å². The predicted octanol–water partition coefficient (Wildman–Crippen LogP) is 2.11. The van der Waals surface area contributed by atoms with Crippen molar-refractivity contribution in [2.24, 2.45) is 11.7 Å². The van der Waals surface area contributed by atoms with E-state index >= 15 is 0 Å². The molecule has 2 N–H and O–H groups in total. The molecule has 0 aliphatic carbocycles. The summed E-state index contributed by atoms with van der Waals surface area (Å²) in [6, 6.07) is 0. The maximum atomic E-state index is 13.8. The van der Waals surface area contributed by atoms with Crippen LogP contribution in [0.3, 0.4) is 0 Å². The van der Waals surface area contributed by atoms with Gasteiger partial charge < -0.3 is 5.73 Å². The number of rotatable bonds is 5. The van der Waals surface area contributed by atoms with Crippen LogP contribution in [0.1, 0.15) is 33.1 Å². The van der Waals surface area contributed by atoms with Crippen LogP contribution in [-0.2, 0) is 0 Å². The summed E-state index contributed by atoms with van der Waals surface area (Å²) >= 11 is 0. The van der Waals surface area contributed by atoms with Gasteiger partial charge in [-0.3, -0.25) is 0 Å². The molecule has 0 aliphatic heterocycles. The Hall–Kier alpha value is -0.550. The molecule has 0 rings (SSSR count). The molecule has 2 heteroatoms. The highest BCUT2D eigenvalue weighted by molar-refractivity contribution is 4.88. The molecule has 0 aliphatic rings. The zero-order valence-corrected chi connectivity index (χ0v) is 7.94. The summed E-state index contributed by atoms with van der Waals surface area (Å²) in [5, 5.41) is 0. The van der Waals surface area contributed by atoms with Crippen LogP contribution < -0.4 is 5.73 Å². The Labute approximate surface area is 74.5 Å². The molecule has 0 aromatic heterocycles. The Bertz CT molecular complexity index is 160. The molecule has 1 nitrogen and oxygen atoms in total. The minimum Gasteiger partial charge on any atom is -0.328 e. The van der Waals surface area contributed by atoms with Gasteiger partial charge in [-0.05, 0) is 18.8 Å². The number of unbranched alkanes of at least 4 members (excludes halogenated alkanes) is 1. The number of hydrogen-bond acceptors (Lipinski definition) is 1. The highest BCUT2D eigenvalue weighted by atomic mass is 19.1. The molecule has 1 atom stereocenters. The lowest BCUT2D eigenvalue weighted by molar-refractivity contribution is 0.0968. The molecule has 0 bridgehead atoms. The maximum Gasteiger partial charge on any atom is 0.125 e. The lowest BCUT2D eigenvalue weighted by Crippen LogP contribution is -2.38. The van der Waals surface area contributed by atoms with E-state index in [1.165, 1.54) is 0 Å². The minimum atomic E-state index is -1.23. The van der Waals surface area contributed by atoms with E-state index in [0.717, 1.165) is 6.42 Å². The highest BCUT2D eigenvalue weighted by Gasteiger charge is 2.30. The van der Waals surface area contributed by atoms with Crippen LogP contribution in [0.4, 0.5) is 4.39 Å². The molecular weight excluding hydrogens is 153 g/mol. The fourth-order valence-corrected chi connectivity index (χ4v) is 1.11. The summed E-state index contributed by atoms with van der Waals surface area (Å²) in [4.78, 5) is 0. The topological polar surface area (TPSA) is 26.0 Å². The number of alkyl halides is 1. The lowest BCUT2D eigenvalue weighted by Gasteiger charge is -2.27. The second-order valence-electron chi connectivity index (χ2n) is 3.45. The molecule has 0 aromatic rings. The van der Waals surface area contributed by atoms with Crippen LogP contribution in [0.5, 0.6) is 0 Å². The Morgan fingerprint density at radius 2 is 2.17 bits per heavy atom. The zero-order chi connectivity index (χ0) is 9.61. The quantitative estimate of drug-likeness (QED) is 0.497. The molecular formula is C10H18FN. The Kier molecular flexibility index (Phi) is 4.92. The van der Waals surface area contributed by atoms with E-state index in [0.29, 0.717) is 12.8 Å². The molecule has 12 heavy (non-hydrogen) atoms. The van der Waals surface area contributed by atoms with Crippen molar-refractivity contribution in [2.75, 3.05) is 6.54 Å². The van der Waals surface area contributed by atoms with Crippen LogP contribution in [0.15, 0.2) is 0 Å². The van der Waals surface area contributed by atoms with Gasteiger partial charge in [0, 0.05) is 13.0 Å². The summed E-state index contributed by atoms with van der Waals surface area (Å²) in [7, 11) is 0. The van der Waals surface area contributed by atoms with E-state index in [4.69, 9.17) is 12.2 Å². The third-order valence-electron chi connectivity index (χ3n) is 2.29. The van der Waals surface area contributed by atoms with Crippen molar-refractivity contribution in [3.63, 3.8) is 0 Å². The zero-order valence-electron chi connectivity index (χ0n) is 7.94. The molecule has 1 unspecified atom stereocenters. The molecule has 0 aromatic carbocycles. The van der Waals surface area contributed by atoms with E-state index in [9.17, 15) is 4.39 Å². The van der Waals surface area contributed by atoms with Gasteiger partial charge in [-0.15, -0.1) is 12.3 Å². The second-order valence-corrected chi connectivity index (χ2v) is 3.45. The van der Waals surface area contributed by atoms with Crippen molar-refractivity contribution in [1.82, 2.24) is 0 Å². The molecule has 0 heterocycles. The maximum absolute atomic E-state index is 13.8. The van der Waals surface area contributed by atoms with E-state index in [2.05, 4.69) is 5.92 Å². The standard InChI is InChI=1S/C10H18FN/c1-4-5-6-7-10(11,8-12)9(2)3/h1,9H,5-8,12H2,2-3H3. The van der Waals surface area contributed by atoms with E-state index in [1.54, 1.807) is 0 Å². The van der Waals surface area contributed by atoms with Gasteiger partial charge in [0.1, 0.15) is 5.67 Å². The Morgan fingerprint density at radius 3 is 2.50 bits per heavy atom. The van der Waals surface area contributed by atoms with Crippen molar-refractivity contribution < 1.29 is 4.39 Å². The number of nitrogens with two attached hydrogens (primary N) is 1. The first-order valence-corrected chi connectivity index (χ1v) is 4.39. The second kappa shape index (κ2) is 5.16. The molecule has 0 radical (unpaired) electrons. The predicted molar refractivity (Wildman–Crippen MR) is 50.4 cm³/mol. The average molecular weight is 171 g/mol. The van der Waals surface area contributed by atoms with Crippen LogP contribution in [-0.4, -0.2) is 12.2 Å². The average Bonchev–Trinajstić information content (AvgIpc) is 2.04. The Balaban J connectivity index is 3.90. The smallest absolute Gasteiger partial charge is 0.125 e. The molecule has 0 saturated carbocycles. The lowest BCUT2D eigenvalue weighted by atomic mass is 9.87. The number of hydrogen-bond donors (Lipinski definition) is 1. The first kappa shape index (κ1) is 11.4. The molecule has 0 saturated heterocycles. The summed E-state index contributed by atoms with van der Waals surface area (Å²) < 4.78 is 13.8. The van der Waals surface area contributed by atoms with Gasteiger partial charge in [0.15, 0.2) is 0 Å². The Morgan fingerprint density at radius 1 is 1.58 bits per heavy atom. The minimum absolute atomic E-state index is 0.0275. The van der Waals surface area contributed by atoms with Gasteiger partial charge in [0.25, 0.3) is 0 Å². The van der Waals surface area contributed by atoms with Crippen molar-refractivity contribution in [2.45, 2.75) is 38.8 Å². The van der Waals surface area contributed by atoms with Gasteiger partial charge in [-0.1, -0.05) is 13.8 Å². The molecule has 0 amide bonds. The van der Waals surface area contributed by atoms with Crippen LogP contribution in [0.2, 0.25) is 0 Å². The van der Waals surface area contributed by atoms with Crippen molar-refractivity contribution in [3.8, 4) is 12.3 Å². The first-order chi connectivity index (χ1) is 5.56. The van der Waals surface area contributed by atoms with Gasteiger partial charge >= 0.3 is 0 Å². The van der Waals surface area contributed by atoms with Crippen LogP contribution in [0.25, 0.3) is 0 Å². The largest absolute Gasteiger partial charge is 0.328 e. The highest BCUT2D eigenvalue weighted by Crippen LogP contribution is 2.26. The summed E-state index contributed by atoms with van der Waals surface area (Å²) in [5.74, 6) is 2.47. The molecule has 0 fully saturated rings. The van der Waals surface area contributed by atoms with Crippen LogP contribution in [0, 0.1) is 18.3 Å². The van der Waals surface area contributed by atoms with E-state index in [1.807, 2.05) is 13.8 Å². The van der Waals surface area contributed by atoms with Gasteiger partial charge in [0.2, 0.25) is 0 Å². The van der Waals surface area contributed by atoms with Crippen LogP contribution >= 0.6 is 0 Å². The van der Waals surface area contributed by atoms with E-state index < -0.39 is 5.67 Å². The third kappa shape index (κ3) is 3.23. The van der Waals surface area contributed by atoms with Crippen molar-refractivity contribution >= 4 is 0 Å². The SMILES string of the molecule is C#CCCCC(F)(CN)C(C)C. The molecule has 70 valence electrons. The van der Waals surface area contributed by atoms with Crippen molar-refractivity contribution in [3.05, 3.63) is 0 Å². The van der Waals surface area contributed by atoms with Gasteiger partial charge in [0.05, 0.1) is 0 Å². The molecule has 0 spiro atoms. The third-order valence-corrected chi connectivity index (χ3v) is 2.29. The fraction of sp³-hybridized carbons (Fsp3) is 0.800. The summed E-state index contributed by atoms with van der Waals surface area (Å²) in [6.07, 6.45) is 6.91. The fourth-order valence-electron chi connectivity index (χ4n) is 1.11. The van der Waals surface area contributed by atoms with Gasteiger partial charge in [-0.25, -0.2) is 4.39 Å². The number of halogens is 1. The monoisotopic (exact) mass is 171 g/mol. The van der Waals surface area contributed by atoms with Gasteiger partial charge in [-0.2, -0.15) is 0 Å². The summed E-state index contributed by atoms with van der Waals surface area (Å²) in [6.45, 7) is 3.79. The van der Waals surface area contributed by atoms with Crippen molar-refractivity contribution in [1.29, 1.82) is 0 Å². The number of terminal acetylenes is 1. The normalized spacial score (nSPS) is 15.7.